The van der Waals surface area contributed by atoms with E-state index in [0.717, 1.165) is 54.7 Å². The third-order valence-corrected chi connectivity index (χ3v) is 8.09. The first-order valence-corrected chi connectivity index (χ1v) is 11.6. The Balaban J connectivity index is 1.23. The summed E-state index contributed by atoms with van der Waals surface area (Å²) in [6, 6.07) is 6.82. The third kappa shape index (κ3) is 3.32. The van der Waals surface area contributed by atoms with Gasteiger partial charge in [-0.1, -0.05) is 11.3 Å². The Kier molecular flexibility index (Phi) is 4.82. The van der Waals surface area contributed by atoms with E-state index in [1.807, 2.05) is 52.3 Å². The van der Waals surface area contributed by atoms with E-state index < -0.39 is 0 Å². The predicted molar refractivity (Wildman–Crippen MR) is 114 cm³/mol. The van der Waals surface area contributed by atoms with Crippen LogP contribution in [-0.4, -0.2) is 50.9 Å². The quantitative estimate of drug-likeness (QED) is 0.654. The fraction of sp³-hybridized carbons (Fsp3) is 0.429. The van der Waals surface area contributed by atoms with Crippen LogP contribution in [0.5, 0.6) is 0 Å². The first-order chi connectivity index (χ1) is 13.7. The molecule has 0 atom stereocenters. The lowest BCUT2D eigenvalue weighted by atomic mass is 9.99. The number of aryl methyl sites for hydroxylation is 1. The number of aromatic nitrogens is 2. The number of nitrogens with zero attached hydrogens (tertiary/aromatic N) is 4. The highest BCUT2D eigenvalue weighted by Crippen LogP contribution is 2.29. The van der Waals surface area contributed by atoms with Crippen molar-refractivity contribution in [2.75, 3.05) is 19.6 Å². The maximum absolute atomic E-state index is 13.1. The topological polar surface area (TPSA) is 41.4 Å². The second kappa shape index (κ2) is 7.46. The first kappa shape index (κ1) is 18.1. The maximum atomic E-state index is 13.1. The van der Waals surface area contributed by atoms with Gasteiger partial charge in [0.05, 0.1) is 5.69 Å². The molecule has 0 unspecified atom stereocenters. The molecule has 3 aromatic heterocycles. The van der Waals surface area contributed by atoms with Crippen LogP contribution >= 0.6 is 22.7 Å². The molecule has 28 heavy (non-hydrogen) atoms. The number of thiazole rings is 1. The van der Waals surface area contributed by atoms with E-state index in [-0.39, 0.29) is 5.91 Å². The molecule has 5 heterocycles. The van der Waals surface area contributed by atoms with Crippen molar-refractivity contribution < 1.29 is 4.79 Å². The number of carbonyl (C=O) groups is 1. The number of piperidine rings is 1. The zero-order valence-corrected chi connectivity index (χ0v) is 17.6. The number of carbonyl (C=O) groups excluding carboxylic acids is 1. The van der Waals surface area contributed by atoms with Gasteiger partial charge in [0.1, 0.15) is 4.88 Å². The van der Waals surface area contributed by atoms with Crippen LogP contribution in [0.1, 0.15) is 38.6 Å². The Hall–Kier alpha value is -1.96. The number of hydrogen-bond acceptors (Lipinski definition) is 5. The van der Waals surface area contributed by atoms with E-state index >= 15 is 0 Å². The number of likely N-dealkylation sites (tertiary alicyclic amines) is 1. The van der Waals surface area contributed by atoms with Gasteiger partial charge in [-0.2, -0.15) is 0 Å². The summed E-state index contributed by atoms with van der Waals surface area (Å²) in [7, 11) is 0. The van der Waals surface area contributed by atoms with E-state index in [1.54, 1.807) is 4.88 Å². The van der Waals surface area contributed by atoms with E-state index in [1.165, 1.54) is 23.3 Å². The van der Waals surface area contributed by atoms with Crippen LogP contribution in [0.3, 0.4) is 0 Å². The molecule has 0 N–H and O–H groups in total. The standard InChI is InChI=1S/C21H24N4OS2/c1-15-19(28-21(22-15)24-8-2-3-9-24)20(26)23-10-4-17(5-11-23)25-12-6-18-16(14-25)7-13-27-18/h2-3,7-9,13,17H,4-6,10-12,14H2,1H3. The fourth-order valence-electron chi connectivity index (χ4n) is 4.31. The number of rotatable bonds is 3. The maximum Gasteiger partial charge on any atom is 0.265 e. The lowest BCUT2D eigenvalue weighted by molar-refractivity contribution is 0.0604. The predicted octanol–water partition coefficient (Wildman–Crippen LogP) is 3.97. The Morgan fingerprint density at radius 3 is 2.75 bits per heavy atom. The Bertz CT molecular complexity index is 967. The average Bonchev–Trinajstić information content (AvgIpc) is 3.47. The van der Waals surface area contributed by atoms with Crippen molar-refractivity contribution >= 4 is 28.6 Å². The van der Waals surface area contributed by atoms with Gasteiger partial charge in [-0.15, -0.1) is 11.3 Å². The summed E-state index contributed by atoms with van der Waals surface area (Å²) in [6.07, 6.45) is 7.24. The second-order valence-electron chi connectivity index (χ2n) is 7.61. The Morgan fingerprint density at radius 2 is 1.96 bits per heavy atom. The van der Waals surface area contributed by atoms with Crippen LogP contribution in [0.2, 0.25) is 0 Å². The molecule has 0 bridgehead atoms. The highest BCUT2D eigenvalue weighted by atomic mass is 32.1. The summed E-state index contributed by atoms with van der Waals surface area (Å²) >= 11 is 3.38. The molecule has 0 radical (unpaired) electrons. The normalized spacial score (nSPS) is 18.4. The number of hydrogen-bond donors (Lipinski definition) is 0. The average molecular weight is 413 g/mol. The Morgan fingerprint density at radius 1 is 1.18 bits per heavy atom. The molecule has 2 aliphatic rings. The molecule has 0 saturated carbocycles. The van der Waals surface area contributed by atoms with Crippen molar-refractivity contribution in [2.45, 2.75) is 38.8 Å². The van der Waals surface area contributed by atoms with Crippen LogP contribution in [-0.2, 0) is 13.0 Å². The van der Waals surface area contributed by atoms with E-state index in [2.05, 4.69) is 21.3 Å². The molecule has 7 heteroatoms. The zero-order valence-electron chi connectivity index (χ0n) is 16.0. The van der Waals surface area contributed by atoms with Crippen molar-refractivity contribution in [1.29, 1.82) is 0 Å². The van der Waals surface area contributed by atoms with Crippen LogP contribution in [0.25, 0.3) is 5.13 Å². The molecule has 1 amide bonds. The van der Waals surface area contributed by atoms with Crippen molar-refractivity contribution in [2.24, 2.45) is 0 Å². The molecule has 1 fully saturated rings. The molecule has 0 aliphatic carbocycles. The van der Waals surface area contributed by atoms with Crippen LogP contribution < -0.4 is 0 Å². The summed E-state index contributed by atoms with van der Waals surface area (Å²) in [5.41, 5.74) is 2.34. The molecule has 0 spiro atoms. The number of thiophene rings is 1. The van der Waals surface area contributed by atoms with E-state index in [4.69, 9.17) is 0 Å². The van der Waals surface area contributed by atoms with E-state index in [9.17, 15) is 4.79 Å². The largest absolute Gasteiger partial charge is 0.338 e. The molecule has 2 aliphatic heterocycles. The minimum absolute atomic E-state index is 0.144. The van der Waals surface area contributed by atoms with Gasteiger partial charge in [-0.3, -0.25) is 9.69 Å². The van der Waals surface area contributed by atoms with Crippen LogP contribution in [0.15, 0.2) is 36.0 Å². The van der Waals surface area contributed by atoms with Crippen LogP contribution in [0, 0.1) is 6.92 Å². The highest BCUT2D eigenvalue weighted by molar-refractivity contribution is 7.16. The van der Waals surface area contributed by atoms with E-state index in [0.29, 0.717) is 6.04 Å². The van der Waals surface area contributed by atoms with Crippen molar-refractivity contribution in [3.8, 4) is 5.13 Å². The third-order valence-electron chi connectivity index (χ3n) is 5.91. The number of amides is 1. The van der Waals surface area contributed by atoms with Gasteiger partial charge in [0.25, 0.3) is 5.91 Å². The summed E-state index contributed by atoms with van der Waals surface area (Å²) in [6.45, 7) is 5.85. The molecular weight excluding hydrogens is 388 g/mol. The minimum atomic E-state index is 0.144. The molecule has 3 aromatic rings. The van der Waals surface area contributed by atoms with Gasteiger partial charge >= 0.3 is 0 Å². The van der Waals surface area contributed by atoms with Crippen molar-refractivity contribution in [3.05, 3.63) is 57.0 Å². The summed E-state index contributed by atoms with van der Waals surface area (Å²) in [5.74, 6) is 0.144. The van der Waals surface area contributed by atoms with Crippen molar-refractivity contribution in [3.63, 3.8) is 0 Å². The highest BCUT2D eigenvalue weighted by Gasteiger charge is 2.31. The zero-order chi connectivity index (χ0) is 19.1. The first-order valence-electron chi connectivity index (χ1n) is 9.88. The van der Waals surface area contributed by atoms with Gasteiger partial charge in [0.2, 0.25) is 0 Å². The monoisotopic (exact) mass is 412 g/mol. The lowest BCUT2D eigenvalue weighted by Crippen LogP contribution is -2.47. The molecule has 5 rings (SSSR count). The van der Waals surface area contributed by atoms with Crippen LogP contribution in [0.4, 0.5) is 0 Å². The van der Waals surface area contributed by atoms with Gasteiger partial charge in [0, 0.05) is 49.5 Å². The second-order valence-corrected chi connectivity index (χ2v) is 9.59. The number of fused-ring (bicyclic) bond motifs is 1. The minimum Gasteiger partial charge on any atom is -0.338 e. The molecule has 1 saturated heterocycles. The summed E-state index contributed by atoms with van der Waals surface area (Å²) in [4.78, 5) is 24.7. The smallest absolute Gasteiger partial charge is 0.265 e. The van der Waals surface area contributed by atoms with Gasteiger partial charge < -0.3 is 9.47 Å². The summed E-state index contributed by atoms with van der Waals surface area (Å²) in [5, 5.41) is 3.08. The van der Waals surface area contributed by atoms with Crippen molar-refractivity contribution in [1.82, 2.24) is 19.4 Å². The van der Waals surface area contributed by atoms with Gasteiger partial charge in [0.15, 0.2) is 5.13 Å². The van der Waals surface area contributed by atoms with Gasteiger partial charge in [-0.05, 0) is 55.3 Å². The summed E-state index contributed by atoms with van der Waals surface area (Å²) < 4.78 is 1.97. The molecule has 146 valence electrons. The van der Waals surface area contributed by atoms with Gasteiger partial charge in [-0.25, -0.2) is 4.98 Å². The molecular formula is C21H24N4OS2. The SMILES string of the molecule is Cc1nc(-n2cccc2)sc1C(=O)N1CCC(N2CCc3sccc3C2)CC1. The fourth-order valence-corrected chi connectivity index (χ4v) is 6.20. The molecule has 5 nitrogen and oxygen atoms in total. The lowest BCUT2D eigenvalue weighted by Gasteiger charge is -2.40. The Labute approximate surface area is 173 Å². The molecule has 0 aromatic carbocycles.